The average Bonchev–Trinajstić information content (AvgIpc) is 3.13. The smallest absolute Gasteiger partial charge is 0.250 e. The summed E-state index contributed by atoms with van der Waals surface area (Å²) in [7, 11) is -3.69. The van der Waals surface area contributed by atoms with Crippen molar-refractivity contribution in [2.45, 2.75) is 68.3 Å². The van der Waals surface area contributed by atoms with Gasteiger partial charge in [-0.3, -0.25) is 14.5 Å². The van der Waals surface area contributed by atoms with Gasteiger partial charge in [0, 0.05) is 17.4 Å². The van der Waals surface area contributed by atoms with Gasteiger partial charge in [0.2, 0.25) is 5.91 Å². The first-order chi connectivity index (χ1) is 17.4. The van der Waals surface area contributed by atoms with E-state index in [0.29, 0.717) is 44.5 Å². The molecule has 2 aromatic rings. The fourth-order valence-electron chi connectivity index (χ4n) is 5.76. The fourth-order valence-corrected chi connectivity index (χ4v) is 7.54. The van der Waals surface area contributed by atoms with Gasteiger partial charge in [-0.2, -0.15) is 0 Å². The molecule has 1 fully saturated rings. The second-order valence-corrected chi connectivity index (χ2v) is 13.0. The average molecular weight is 527 g/mol. The van der Waals surface area contributed by atoms with Gasteiger partial charge >= 0.3 is 0 Å². The Balaban J connectivity index is 1.71. The zero-order valence-corrected chi connectivity index (χ0v) is 22.7. The number of piperidine rings is 1. The minimum Gasteiger partial charge on any atom is -0.343 e. The maximum atomic E-state index is 14.3. The van der Waals surface area contributed by atoms with E-state index in [1.807, 2.05) is 54.6 Å². The summed E-state index contributed by atoms with van der Waals surface area (Å²) in [6.07, 6.45) is 4.14. The summed E-state index contributed by atoms with van der Waals surface area (Å²) < 4.78 is 26.7. The van der Waals surface area contributed by atoms with Crippen molar-refractivity contribution < 1.29 is 18.0 Å². The summed E-state index contributed by atoms with van der Waals surface area (Å²) in [4.78, 5) is 28.7. The lowest BCUT2D eigenvalue weighted by Crippen LogP contribution is -2.60. The SMILES string of the molecule is CC(C)(N)C(=O)NC(CCCc1ccccc1)C(=O)N1c2ccccc2C2(CCNCC2)[C@H]1S(C)(=O)=O. The minimum absolute atomic E-state index is 0.360. The Morgan fingerprint density at radius 3 is 2.35 bits per heavy atom. The molecule has 0 bridgehead atoms. The quantitative estimate of drug-likeness (QED) is 0.485. The van der Waals surface area contributed by atoms with Gasteiger partial charge in [-0.1, -0.05) is 48.5 Å². The maximum absolute atomic E-state index is 14.3. The summed E-state index contributed by atoms with van der Waals surface area (Å²) >= 11 is 0. The van der Waals surface area contributed by atoms with Crippen LogP contribution in [0.3, 0.4) is 0 Å². The highest BCUT2D eigenvalue weighted by Gasteiger charge is 2.58. The van der Waals surface area contributed by atoms with Gasteiger partial charge < -0.3 is 16.4 Å². The Bertz CT molecular complexity index is 1230. The molecule has 4 rings (SSSR count). The Hall–Kier alpha value is -2.75. The molecule has 0 radical (unpaired) electrons. The normalized spacial score (nSPS) is 19.9. The van der Waals surface area contributed by atoms with Gasteiger partial charge in [0.15, 0.2) is 9.84 Å². The number of amides is 2. The molecule has 2 heterocycles. The lowest BCUT2D eigenvalue weighted by atomic mass is 9.74. The van der Waals surface area contributed by atoms with Crippen LogP contribution >= 0.6 is 0 Å². The molecule has 2 amide bonds. The number of carbonyl (C=O) groups excluding carboxylic acids is 2. The molecule has 9 heteroatoms. The number of anilines is 1. The predicted molar refractivity (Wildman–Crippen MR) is 146 cm³/mol. The van der Waals surface area contributed by atoms with Crippen LogP contribution < -0.4 is 21.3 Å². The topological polar surface area (TPSA) is 122 Å². The lowest BCUT2D eigenvalue weighted by molar-refractivity contribution is -0.130. The molecule has 1 unspecified atom stereocenters. The molecule has 2 aromatic carbocycles. The van der Waals surface area contributed by atoms with Gasteiger partial charge in [0.25, 0.3) is 5.91 Å². The number of hydrogen-bond acceptors (Lipinski definition) is 6. The van der Waals surface area contributed by atoms with Crippen LogP contribution in [0.15, 0.2) is 54.6 Å². The molecule has 1 spiro atoms. The molecule has 2 aliphatic rings. The predicted octanol–water partition coefficient (Wildman–Crippen LogP) is 2.27. The van der Waals surface area contributed by atoms with Crippen LogP contribution in [0.4, 0.5) is 5.69 Å². The van der Waals surface area contributed by atoms with E-state index in [-0.39, 0.29) is 0 Å². The molecule has 2 atom stereocenters. The van der Waals surface area contributed by atoms with E-state index in [2.05, 4.69) is 10.6 Å². The van der Waals surface area contributed by atoms with Crippen LogP contribution in [0.5, 0.6) is 0 Å². The van der Waals surface area contributed by atoms with Crippen molar-refractivity contribution in [2.24, 2.45) is 5.73 Å². The van der Waals surface area contributed by atoms with E-state index in [0.717, 1.165) is 17.5 Å². The molecule has 4 N–H and O–H groups in total. The Kier molecular flexibility index (Phi) is 7.78. The van der Waals surface area contributed by atoms with E-state index < -0.39 is 44.0 Å². The molecule has 200 valence electrons. The molecule has 0 aliphatic carbocycles. The largest absolute Gasteiger partial charge is 0.343 e. The Morgan fingerprint density at radius 1 is 1.11 bits per heavy atom. The van der Waals surface area contributed by atoms with Crippen molar-refractivity contribution in [1.82, 2.24) is 10.6 Å². The zero-order chi connectivity index (χ0) is 26.8. The lowest BCUT2D eigenvalue weighted by Gasteiger charge is -2.41. The number of para-hydroxylation sites is 1. The third-order valence-corrected chi connectivity index (χ3v) is 9.01. The standard InChI is InChI=1S/C28H38N4O4S/c1-27(2,29)25(34)31-22(14-9-12-20-10-5-4-6-11-20)24(33)32-23-15-8-7-13-21(23)28(16-18-30-19-17-28)26(32)37(3,35)36/h4-8,10-11,13,15,22,26,30H,9,12,14,16-19,29H2,1-3H3,(H,31,34)/t22?,26-/m1/s1. The molecule has 1 saturated heterocycles. The zero-order valence-electron chi connectivity index (χ0n) is 21.9. The number of nitrogens with two attached hydrogens (primary N) is 1. The molecule has 0 aromatic heterocycles. The van der Waals surface area contributed by atoms with Crippen LogP contribution in [0.2, 0.25) is 0 Å². The molecule has 8 nitrogen and oxygen atoms in total. The molecule has 0 saturated carbocycles. The molecular weight excluding hydrogens is 488 g/mol. The van der Waals surface area contributed by atoms with Crippen LogP contribution in [0.25, 0.3) is 0 Å². The molecular formula is C28H38N4O4S. The number of aryl methyl sites for hydroxylation is 1. The fraction of sp³-hybridized carbons (Fsp3) is 0.500. The van der Waals surface area contributed by atoms with Gasteiger partial charge in [-0.05, 0) is 76.2 Å². The third kappa shape index (κ3) is 5.58. The molecule has 37 heavy (non-hydrogen) atoms. The van der Waals surface area contributed by atoms with Crippen molar-refractivity contribution in [3.8, 4) is 0 Å². The number of fused-ring (bicyclic) bond motifs is 2. The number of nitrogens with one attached hydrogen (secondary N) is 2. The Morgan fingerprint density at radius 2 is 1.73 bits per heavy atom. The van der Waals surface area contributed by atoms with Crippen molar-refractivity contribution in [2.75, 3.05) is 24.2 Å². The summed E-state index contributed by atoms with van der Waals surface area (Å²) in [6, 6.07) is 16.5. The van der Waals surface area contributed by atoms with Crippen LogP contribution in [0, 0.1) is 0 Å². The summed E-state index contributed by atoms with van der Waals surface area (Å²) in [5.41, 5.74) is 6.79. The van der Waals surface area contributed by atoms with Crippen LogP contribution in [-0.2, 0) is 31.3 Å². The van der Waals surface area contributed by atoms with E-state index >= 15 is 0 Å². The third-order valence-electron chi connectivity index (χ3n) is 7.54. The second kappa shape index (κ2) is 10.6. The number of benzene rings is 2. The summed E-state index contributed by atoms with van der Waals surface area (Å²) in [6.45, 7) is 4.51. The monoisotopic (exact) mass is 526 g/mol. The van der Waals surface area contributed by atoms with Crippen molar-refractivity contribution >= 4 is 27.3 Å². The van der Waals surface area contributed by atoms with Crippen LogP contribution in [-0.4, -0.2) is 56.5 Å². The highest BCUT2D eigenvalue weighted by Crippen LogP contribution is 2.52. The van der Waals surface area contributed by atoms with Crippen molar-refractivity contribution in [3.05, 3.63) is 65.7 Å². The maximum Gasteiger partial charge on any atom is 0.250 e. The van der Waals surface area contributed by atoms with Gasteiger partial charge in [-0.25, -0.2) is 8.42 Å². The van der Waals surface area contributed by atoms with Gasteiger partial charge in [-0.15, -0.1) is 0 Å². The number of carbonyl (C=O) groups is 2. The first-order valence-corrected chi connectivity index (χ1v) is 14.9. The van der Waals surface area contributed by atoms with E-state index in [1.54, 1.807) is 13.8 Å². The highest BCUT2D eigenvalue weighted by molar-refractivity contribution is 7.91. The minimum atomic E-state index is -3.69. The summed E-state index contributed by atoms with van der Waals surface area (Å²) in [5, 5.41) is 5.14. The van der Waals surface area contributed by atoms with Crippen LogP contribution in [0.1, 0.15) is 50.7 Å². The van der Waals surface area contributed by atoms with Crippen molar-refractivity contribution in [3.63, 3.8) is 0 Å². The van der Waals surface area contributed by atoms with Crippen molar-refractivity contribution in [1.29, 1.82) is 0 Å². The van der Waals surface area contributed by atoms with Gasteiger partial charge in [0.1, 0.15) is 11.4 Å². The first kappa shape index (κ1) is 27.3. The number of sulfone groups is 1. The van der Waals surface area contributed by atoms with E-state index in [1.165, 1.54) is 11.2 Å². The Labute approximate surface area is 219 Å². The first-order valence-electron chi connectivity index (χ1n) is 12.9. The summed E-state index contributed by atoms with van der Waals surface area (Å²) in [5.74, 6) is -0.866. The number of rotatable bonds is 8. The molecule has 2 aliphatic heterocycles. The second-order valence-electron chi connectivity index (χ2n) is 10.9. The van der Waals surface area contributed by atoms with E-state index in [9.17, 15) is 18.0 Å². The number of nitrogens with zero attached hydrogens (tertiary/aromatic N) is 1. The highest BCUT2D eigenvalue weighted by atomic mass is 32.2. The van der Waals surface area contributed by atoms with E-state index in [4.69, 9.17) is 5.73 Å². The van der Waals surface area contributed by atoms with Gasteiger partial charge in [0.05, 0.1) is 5.54 Å². The number of hydrogen-bond donors (Lipinski definition) is 3.